The number of hydrogen-bond donors (Lipinski definition) is 4. The van der Waals surface area contributed by atoms with Crippen LogP contribution < -0.4 is 0 Å². The standard InChI is InChI=1S/C60H90O7/c1-49(2)25-29-59(31-27-55(9)37(39(59)33-49)13-15-43-51(5)21-19-45(63)53(7,35-61)41(51)17-23-57(43,55)11)47(65)67-48(66)60-30-26-50(3,4)34-40(60)38-14-16-44-52(6)22-20-46(64)54(8,36-62)42(52)18-24-58(44,12)56(38,10)28-32-60/h13-16,41-46,61-64H,17-36H2,1-12H3. The van der Waals surface area contributed by atoms with Gasteiger partial charge in [-0.2, -0.15) is 0 Å². The summed E-state index contributed by atoms with van der Waals surface area (Å²) in [5.74, 6) is 0.376. The van der Waals surface area contributed by atoms with Crippen molar-refractivity contribution in [1.82, 2.24) is 0 Å². The number of hydrogen-bond acceptors (Lipinski definition) is 7. The molecule has 0 radical (unpaired) electrons. The first-order valence-electron chi connectivity index (χ1n) is 27.3. The summed E-state index contributed by atoms with van der Waals surface area (Å²) in [5.41, 5.74) is 1.77. The summed E-state index contributed by atoms with van der Waals surface area (Å²) in [7, 11) is 0. The molecule has 6 fully saturated rings. The highest BCUT2D eigenvalue weighted by Gasteiger charge is 2.71. The second-order valence-corrected chi connectivity index (χ2v) is 29.1. The van der Waals surface area contributed by atoms with Crippen molar-refractivity contribution < 1.29 is 34.8 Å². The Hall–Kier alpha value is -2.06. The fourth-order valence-electron chi connectivity index (χ4n) is 20.2. The van der Waals surface area contributed by atoms with Gasteiger partial charge in [0.1, 0.15) is 0 Å². The van der Waals surface area contributed by atoms with Crippen LogP contribution in [0.4, 0.5) is 0 Å². The van der Waals surface area contributed by atoms with Crippen LogP contribution in [0.3, 0.4) is 0 Å². The number of carbonyl (C=O) groups is 2. The Morgan fingerprint density at radius 3 is 1.22 bits per heavy atom. The van der Waals surface area contributed by atoms with Gasteiger partial charge in [0.15, 0.2) is 0 Å². The van der Waals surface area contributed by atoms with Crippen molar-refractivity contribution >= 4 is 11.9 Å². The van der Waals surface area contributed by atoms with E-state index in [9.17, 15) is 20.4 Å². The minimum absolute atomic E-state index is 0.00190. The zero-order valence-corrected chi connectivity index (χ0v) is 43.9. The monoisotopic (exact) mass is 923 g/mol. The SMILES string of the molecule is CC1(C)CCC2(C(=O)OC(=O)C34CCC(C)(C)CC3=C3C=CC5C6(C)CCC(O)C(C)(CO)C6CCC5(C)C3(C)CC4)CCC3(C)C(=C2C1)C=CC1C2(C)CCC(O)C(C)(CO)C2CCC13C. The van der Waals surface area contributed by atoms with Crippen LogP contribution in [0.25, 0.3) is 0 Å². The molecule has 67 heavy (non-hydrogen) atoms. The number of fused-ring (bicyclic) bond motifs is 12. The minimum Gasteiger partial charge on any atom is -0.396 e. The van der Waals surface area contributed by atoms with Crippen molar-refractivity contribution in [2.75, 3.05) is 13.2 Å². The van der Waals surface area contributed by atoms with Gasteiger partial charge < -0.3 is 25.2 Å². The van der Waals surface area contributed by atoms with Gasteiger partial charge in [0.2, 0.25) is 0 Å². The molecule has 0 aliphatic heterocycles. The average Bonchev–Trinajstić information content (AvgIpc) is 3.26. The summed E-state index contributed by atoms with van der Waals surface area (Å²) in [6, 6.07) is 0. The van der Waals surface area contributed by atoms with Gasteiger partial charge in [-0.1, -0.05) is 107 Å². The Bertz CT molecular complexity index is 2090. The summed E-state index contributed by atoms with van der Waals surface area (Å²) < 4.78 is 6.65. The number of esters is 2. The van der Waals surface area contributed by atoms with Gasteiger partial charge >= 0.3 is 11.9 Å². The normalized spacial score (nSPS) is 52.5. The quantitative estimate of drug-likeness (QED) is 0.163. The van der Waals surface area contributed by atoms with E-state index in [0.29, 0.717) is 38.5 Å². The molecule has 7 nitrogen and oxygen atoms in total. The highest BCUT2D eigenvalue weighted by molar-refractivity contribution is 5.95. The van der Waals surface area contributed by atoms with E-state index in [0.717, 1.165) is 77.0 Å². The van der Waals surface area contributed by atoms with Crippen LogP contribution >= 0.6 is 0 Å². The first kappa shape index (κ1) is 48.6. The van der Waals surface area contributed by atoms with Crippen molar-refractivity contribution in [3.05, 3.63) is 46.6 Å². The Labute approximate surface area is 404 Å². The highest BCUT2D eigenvalue weighted by atomic mass is 16.6. The largest absolute Gasteiger partial charge is 0.396 e. The summed E-state index contributed by atoms with van der Waals surface area (Å²) >= 11 is 0. The number of ether oxygens (including phenoxy) is 1. The molecular formula is C60H90O7. The summed E-state index contributed by atoms with van der Waals surface area (Å²) in [6.45, 7) is 28.5. The molecule has 0 spiro atoms. The smallest absolute Gasteiger partial charge is 0.323 e. The maximum atomic E-state index is 15.6. The third kappa shape index (κ3) is 6.02. The van der Waals surface area contributed by atoms with E-state index in [1.807, 2.05) is 0 Å². The molecule has 0 saturated heterocycles. The zero-order chi connectivity index (χ0) is 48.6. The van der Waals surface area contributed by atoms with Crippen LogP contribution in [0.5, 0.6) is 0 Å². The van der Waals surface area contributed by atoms with Crippen LogP contribution in [-0.2, 0) is 14.3 Å². The molecule has 10 rings (SSSR count). The van der Waals surface area contributed by atoms with Crippen LogP contribution in [0.2, 0.25) is 0 Å². The van der Waals surface area contributed by atoms with Gasteiger partial charge in [-0.25, -0.2) is 0 Å². The Balaban J connectivity index is 1.02. The van der Waals surface area contributed by atoms with Gasteiger partial charge in [0.25, 0.3) is 0 Å². The third-order valence-electron chi connectivity index (χ3n) is 25.3. The van der Waals surface area contributed by atoms with Crippen molar-refractivity contribution in [2.45, 2.75) is 211 Å². The molecule has 0 aromatic carbocycles. The molecule has 0 heterocycles. The fraction of sp³-hybridized carbons (Fsp3) is 0.833. The molecule has 10 aliphatic rings. The predicted molar refractivity (Wildman–Crippen MR) is 264 cm³/mol. The summed E-state index contributed by atoms with van der Waals surface area (Å²) in [4.78, 5) is 31.1. The van der Waals surface area contributed by atoms with Crippen molar-refractivity contribution in [2.24, 2.45) is 88.7 Å². The van der Waals surface area contributed by atoms with Crippen molar-refractivity contribution in [3.63, 3.8) is 0 Å². The van der Waals surface area contributed by atoms with E-state index < -0.39 is 33.9 Å². The van der Waals surface area contributed by atoms with E-state index in [-0.39, 0.29) is 92.1 Å². The van der Waals surface area contributed by atoms with E-state index in [2.05, 4.69) is 107 Å². The molecular weight excluding hydrogens is 833 g/mol. The van der Waals surface area contributed by atoms with Gasteiger partial charge in [-0.15, -0.1) is 0 Å². The predicted octanol–water partition coefficient (Wildman–Crippen LogP) is 12.2. The lowest BCUT2D eigenvalue weighted by molar-refractivity contribution is -0.200. The molecule has 6 saturated carbocycles. The molecule has 0 aromatic heterocycles. The van der Waals surface area contributed by atoms with E-state index in [1.54, 1.807) is 0 Å². The highest BCUT2D eigenvalue weighted by Crippen LogP contribution is 2.77. The summed E-state index contributed by atoms with van der Waals surface area (Å²) in [6.07, 6.45) is 23.9. The molecule has 0 amide bonds. The first-order chi connectivity index (χ1) is 31.1. The lowest BCUT2D eigenvalue weighted by Gasteiger charge is -2.69. The fourth-order valence-corrected chi connectivity index (χ4v) is 20.2. The number of aliphatic hydroxyl groups is 4. The molecule has 7 heteroatoms. The van der Waals surface area contributed by atoms with Crippen LogP contribution in [0.15, 0.2) is 46.6 Å². The number of rotatable bonds is 4. The number of aliphatic hydroxyl groups excluding tert-OH is 4. The lowest BCUT2D eigenvalue weighted by Crippen LogP contribution is -2.64. The molecule has 372 valence electrons. The number of allylic oxidation sites excluding steroid dienone is 6. The maximum Gasteiger partial charge on any atom is 0.323 e. The lowest BCUT2D eigenvalue weighted by atomic mass is 9.35. The Morgan fingerprint density at radius 2 is 0.866 bits per heavy atom. The molecule has 4 N–H and O–H groups in total. The third-order valence-corrected chi connectivity index (χ3v) is 25.3. The maximum absolute atomic E-state index is 15.6. The molecule has 0 aromatic rings. The summed E-state index contributed by atoms with van der Waals surface area (Å²) in [5, 5.41) is 44.1. The second kappa shape index (κ2) is 14.8. The topological polar surface area (TPSA) is 124 Å². The minimum atomic E-state index is -0.837. The van der Waals surface area contributed by atoms with Crippen LogP contribution in [0, 0.1) is 88.7 Å². The Kier molecular flexibility index (Phi) is 10.7. The van der Waals surface area contributed by atoms with Crippen molar-refractivity contribution in [1.29, 1.82) is 0 Å². The van der Waals surface area contributed by atoms with E-state index in [4.69, 9.17) is 4.74 Å². The van der Waals surface area contributed by atoms with Gasteiger partial charge in [0.05, 0.1) is 36.3 Å². The van der Waals surface area contributed by atoms with Gasteiger partial charge in [-0.3, -0.25) is 9.59 Å². The van der Waals surface area contributed by atoms with E-state index in [1.165, 1.54) is 22.3 Å². The van der Waals surface area contributed by atoms with Crippen LogP contribution in [0.1, 0.15) is 199 Å². The molecule has 16 unspecified atom stereocenters. The molecule has 0 bridgehead atoms. The van der Waals surface area contributed by atoms with Gasteiger partial charge in [-0.05, 0) is 205 Å². The Morgan fingerprint density at radius 1 is 0.507 bits per heavy atom. The average molecular weight is 923 g/mol. The second-order valence-electron chi connectivity index (χ2n) is 29.1. The molecule has 16 atom stereocenters. The van der Waals surface area contributed by atoms with E-state index >= 15 is 9.59 Å². The molecule has 10 aliphatic carbocycles. The van der Waals surface area contributed by atoms with Gasteiger partial charge in [0, 0.05) is 10.8 Å². The van der Waals surface area contributed by atoms with Crippen molar-refractivity contribution in [3.8, 4) is 0 Å². The zero-order valence-electron chi connectivity index (χ0n) is 43.9. The van der Waals surface area contributed by atoms with Crippen LogP contribution in [-0.4, -0.2) is 57.8 Å². The number of carbonyl (C=O) groups excluding carboxylic acids is 2. The first-order valence-corrected chi connectivity index (χ1v) is 27.3.